The third-order valence-electron chi connectivity index (χ3n) is 7.25. The minimum Gasteiger partial charge on any atom is -0.371 e. The van der Waals surface area contributed by atoms with Crippen LogP contribution >= 0.6 is 0 Å². The van der Waals surface area contributed by atoms with Gasteiger partial charge in [-0.1, -0.05) is 19.1 Å². The lowest BCUT2D eigenvalue weighted by atomic mass is 9.90. The summed E-state index contributed by atoms with van der Waals surface area (Å²) in [7, 11) is -3.42. The predicted molar refractivity (Wildman–Crippen MR) is 136 cm³/mol. The van der Waals surface area contributed by atoms with Gasteiger partial charge in [-0.25, -0.2) is 13.1 Å². The molecule has 1 unspecified atom stereocenters. The minimum atomic E-state index is -3.42. The maximum absolute atomic E-state index is 13.0. The number of piperidine rings is 2. The van der Waals surface area contributed by atoms with Crippen molar-refractivity contribution in [3.8, 4) is 0 Å². The first-order valence-electron chi connectivity index (χ1n) is 12.3. The average molecular weight is 488 g/mol. The molecule has 2 aliphatic rings. The fourth-order valence-electron chi connectivity index (χ4n) is 5.14. The predicted octanol–water partition coefficient (Wildman–Crippen LogP) is 3.74. The SMILES string of the molecule is Cc1ccc(CN2CCC(C(=O)n3ccc(NS(C)(=O)=O)n3)C[C@@H]2C)cc1N1CCC(C)CC1. The Morgan fingerprint density at radius 3 is 2.53 bits per heavy atom. The molecule has 2 aromatic rings. The van der Waals surface area contributed by atoms with Gasteiger partial charge >= 0.3 is 0 Å². The fraction of sp³-hybridized carbons (Fsp3) is 0.600. The van der Waals surface area contributed by atoms with Crippen molar-refractivity contribution in [2.45, 2.75) is 59.0 Å². The Morgan fingerprint density at radius 1 is 1.12 bits per heavy atom. The molecule has 9 heteroatoms. The minimum absolute atomic E-state index is 0.0787. The van der Waals surface area contributed by atoms with E-state index < -0.39 is 10.0 Å². The van der Waals surface area contributed by atoms with Gasteiger partial charge in [0.25, 0.3) is 0 Å². The first-order valence-corrected chi connectivity index (χ1v) is 14.1. The van der Waals surface area contributed by atoms with Gasteiger partial charge in [-0.05, 0) is 69.2 Å². The second-order valence-electron chi connectivity index (χ2n) is 10.2. The molecule has 0 bridgehead atoms. The topological polar surface area (TPSA) is 87.5 Å². The average Bonchev–Trinajstić information content (AvgIpc) is 3.23. The van der Waals surface area contributed by atoms with E-state index >= 15 is 0 Å². The standard InChI is InChI=1S/C25H37N5O3S/c1-18-7-11-28(12-8-18)23-16-21(6-5-19(23)2)17-29-13-9-22(15-20(29)3)25(31)30-14-10-24(26-30)27-34(4,32)33/h5-6,10,14,16,18,20,22H,7-9,11-13,15,17H2,1-4H3,(H,26,27)/t20-,22?/m0/s1. The van der Waals surface area contributed by atoms with Crippen LogP contribution in [0.3, 0.4) is 0 Å². The molecule has 2 fully saturated rings. The van der Waals surface area contributed by atoms with Crippen molar-refractivity contribution in [2.24, 2.45) is 11.8 Å². The second kappa shape index (κ2) is 10.1. The van der Waals surface area contributed by atoms with Crippen LogP contribution in [0.25, 0.3) is 0 Å². The molecular formula is C25H37N5O3S. The first-order chi connectivity index (χ1) is 16.1. The number of anilines is 2. The summed E-state index contributed by atoms with van der Waals surface area (Å²) in [6.45, 7) is 10.7. The molecular weight excluding hydrogens is 450 g/mol. The van der Waals surface area contributed by atoms with Gasteiger partial charge in [0.05, 0.1) is 6.26 Å². The number of sulfonamides is 1. The Hall–Kier alpha value is -2.39. The number of nitrogens with one attached hydrogen (secondary N) is 1. The van der Waals surface area contributed by atoms with Gasteiger partial charge in [0.1, 0.15) is 0 Å². The molecule has 0 amide bonds. The lowest BCUT2D eigenvalue weighted by Gasteiger charge is -2.37. The Bertz CT molecular complexity index is 1120. The molecule has 0 saturated carbocycles. The number of nitrogens with zero attached hydrogens (tertiary/aromatic N) is 4. The number of aromatic nitrogens is 2. The lowest BCUT2D eigenvalue weighted by Crippen LogP contribution is -2.43. The van der Waals surface area contributed by atoms with Crippen LogP contribution in [0.5, 0.6) is 0 Å². The van der Waals surface area contributed by atoms with Gasteiger partial charge < -0.3 is 4.90 Å². The zero-order valence-corrected chi connectivity index (χ0v) is 21.5. The Labute approximate surface area is 203 Å². The number of carbonyl (C=O) groups excluding carboxylic acids is 1. The Morgan fingerprint density at radius 2 is 1.85 bits per heavy atom. The highest BCUT2D eigenvalue weighted by molar-refractivity contribution is 7.92. The van der Waals surface area contributed by atoms with E-state index in [1.165, 1.54) is 46.6 Å². The van der Waals surface area contributed by atoms with E-state index in [0.29, 0.717) is 0 Å². The number of hydrogen-bond acceptors (Lipinski definition) is 6. The largest absolute Gasteiger partial charge is 0.371 e. The van der Waals surface area contributed by atoms with Gasteiger partial charge in [-0.15, -0.1) is 5.10 Å². The molecule has 2 saturated heterocycles. The van der Waals surface area contributed by atoms with Crippen molar-refractivity contribution in [1.82, 2.24) is 14.7 Å². The van der Waals surface area contributed by atoms with Crippen molar-refractivity contribution < 1.29 is 13.2 Å². The van der Waals surface area contributed by atoms with Crippen molar-refractivity contribution in [3.05, 3.63) is 41.6 Å². The summed E-state index contributed by atoms with van der Waals surface area (Å²) in [5.41, 5.74) is 4.01. The van der Waals surface area contributed by atoms with Crippen LogP contribution < -0.4 is 9.62 Å². The summed E-state index contributed by atoms with van der Waals surface area (Å²) < 4.78 is 26.4. The quantitative estimate of drug-likeness (QED) is 0.668. The maximum atomic E-state index is 13.0. The van der Waals surface area contributed by atoms with Crippen LogP contribution in [0.2, 0.25) is 0 Å². The molecule has 186 valence electrons. The van der Waals surface area contributed by atoms with Crippen molar-refractivity contribution in [3.63, 3.8) is 0 Å². The maximum Gasteiger partial charge on any atom is 0.250 e. The molecule has 34 heavy (non-hydrogen) atoms. The molecule has 2 atom stereocenters. The summed E-state index contributed by atoms with van der Waals surface area (Å²) >= 11 is 0. The van der Waals surface area contributed by atoms with Crippen molar-refractivity contribution in [2.75, 3.05) is 35.5 Å². The number of hydrogen-bond donors (Lipinski definition) is 1. The van der Waals surface area contributed by atoms with Crippen molar-refractivity contribution in [1.29, 1.82) is 0 Å². The normalized spacial score (nSPS) is 22.6. The molecule has 1 N–H and O–H groups in total. The molecule has 0 spiro atoms. The molecule has 8 nitrogen and oxygen atoms in total. The van der Waals surface area contributed by atoms with E-state index in [0.717, 1.165) is 51.2 Å². The zero-order chi connectivity index (χ0) is 24.5. The van der Waals surface area contributed by atoms with E-state index in [4.69, 9.17) is 0 Å². The lowest BCUT2D eigenvalue weighted by molar-refractivity contribution is 0.0643. The summed E-state index contributed by atoms with van der Waals surface area (Å²) in [4.78, 5) is 18.0. The summed E-state index contributed by atoms with van der Waals surface area (Å²) in [5.74, 6) is 0.777. The van der Waals surface area contributed by atoms with E-state index in [1.54, 1.807) is 0 Å². The van der Waals surface area contributed by atoms with Gasteiger partial charge in [0.2, 0.25) is 15.9 Å². The van der Waals surface area contributed by atoms with Crippen LogP contribution in [0.1, 0.15) is 55.5 Å². The highest BCUT2D eigenvalue weighted by atomic mass is 32.2. The molecule has 0 radical (unpaired) electrons. The van der Waals surface area contributed by atoms with Gasteiger partial charge in [0, 0.05) is 49.5 Å². The summed E-state index contributed by atoms with van der Waals surface area (Å²) in [6, 6.07) is 8.61. The van der Waals surface area contributed by atoms with Crippen LogP contribution in [0.4, 0.5) is 11.5 Å². The number of carbonyl (C=O) groups is 1. The number of aryl methyl sites for hydroxylation is 1. The third kappa shape index (κ3) is 5.99. The van der Waals surface area contributed by atoms with Crippen molar-refractivity contribution >= 4 is 27.4 Å². The monoisotopic (exact) mass is 487 g/mol. The number of benzene rings is 1. The van der Waals surface area contributed by atoms with Crippen LogP contribution in [-0.4, -0.2) is 60.9 Å². The number of likely N-dealkylation sites (tertiary alicyclic amines) is 1. The molecule has 0 aliphatic carbocycles. The Kier molecular flexibility index (Phi) is 7.33. The first kappa shape index (κ1) is 24.7. The van der Waals surface area contributed by atoms with E-state index in [-0.39, 0.29) is 23.7 Å². The van der Waals surface area contributed by atoms with E-state index in [1.807, 2.05) is 0 Å². The molecule has 2 aliphatic heterocycles. The number of rotatable bonds is 6. The van der Waals surface area contributed by atoms with E-state index in [2.05, 4.69) is 58.6 Å². The van der Waals surface area contributed by atoms with E-state index in [9.17, 15) is 13.2 Å². The highest BCUT2D eigenvalue weighted by Gasteiger charge is 2.31. The molecule has 1 aromatic heterocycles. The van der Waals surface area contributed by atoms with Gasteiger partial charge in [0.15, 0.2) is 5.82 Å². The molecule has 1 aromatic carbocycles. The summed E-state index contributed by atoms with van der Waals surface area (Å²) in [6.07, 6.45) is 6.63. The Balaban J connectivity index is 1.37. The van der Waals surface area contributed by atoms with Crippen LogP contribution in [-0.2, 0) is 16.6 Å². The van der Waals surface area contributed by atoms with Gasteiger partial charge in [-0.3, -0.25) is 14.4 Å². The van der Waals surface area contributed by atoms with Gasteiger partial charge in [-0.2, -0.15) is 0 Å². The molecule has 3 heterocycles. The van der Waals surface area contributed by atoms with Crippen LogP contribution in [0.15, 0.2) is 30.5 Å². The fourth-order valence-corrected chi connectivity index (χ4v) is 5.62. The third-order valence-corrected chi connectivity index (χ3v) is 7.83. The summed E-state index contributed by atoms with van der Waals surface area (Å²) in [5, 5.41) is 4.11. The smallest absolute Gasteiger partial charge is 0.250 e. The second-order valence-corrected chi connectivity index (χ2v) is 11.9. The zero-order valence-electron chi connectivity index (χ0n) is 20.7. The van der Waals surface area contributed by atoms with Crippen LogP contribution in [0, 0.1) is 18.8 Å². The highest BCUT2D eigenvalue weighted by Crippen LogP contribution is 2.30. The molecule has 4 rings (SSSR count).